The zero-order valence-corrected chi connectivity index (χ0v) is 18.0. The van der Waals surface area contributed by atoms with Crippen molar-refractivity contribution in [1.82, 2.24) is 15.6 Å². The second-order valence-corrected chi connectivity index (χ2v) is 7.83. The summed E-state index contributed by atoms with van der Waals surface area (Å²) in [7, 11) is 0. The molecule has 6 nitrogen and oxygen atoms in total. The van der Waals surface area contributed by atoms with Gasteiger partial charge < -0.3 is 15.4 Å². The molecule has 4 rings (SSSR count). The topological polar surface area (TPSA) is 80.3 Å². The fourth-order valence-electron chi connectivity index (χ4n) is 3.62. The van der Waals surface area contributed by atoms with Crippen LogP contribution in [0, 0.1) is 0 Å². The molecular weight excluding hydrogens is 426 g/mol. The highest BCUT2D eigenvalue weighted by Gasteiger charge is 2.33. The molecular formula is C25H22ClN3O3. The van der Waals surface area contributed by atoms with Crippen LogP contribution in [0.25, 0.3) is 0 Å². The number of pyridine rings is 1. The van der Waals surface area contributed by atoms with Gasteiger partial charge in [-0.15, -0.1) is 0 Å². The maximum Gasteiger partial charge on any atom is 0.338 e. The van der Waals surface area contributed by atoms with Gasteiger partial charge in [0.15, 0.2) is 0 Å². The smallest absolute Gasteiger partial charge is 0.338 e. The fourth-order valence-corrected chi connectivity index (χ4v) is 3.84. The van der Waals surface area contributed by atoms with E-state index in [4.69, 9.17) is 16.3 Å². The van der Waals surface area contributed by atoms with Gasteiger partial charge in [0.25, 0.3) is 0 Å². The highest BCUT2D eigenvalue weighted by molar-refractivity contribution is 6.30. The molecule has 0 radical (unpaired) electrons. The number of allylic oxidation sites excluding steroid dienone is 1. The van der Waals surface area contributed by atoms with Gasteiger partial charge in [0.05, 0.1) is 11.6 Å². The summed E-state index contributed by atoms with van der Waals surface area (Å²) in [4.78, 5) is 29.7. The summed E-state index contributed by atoms with van der Waals surface area (Å²) in [5.74, 6) is -0.482. The number of ether oxygens (including phenoxy) is 1. The maximum atomic E-state index is 13.2. The highest BCUT2D eigenvalue weighted by atomic mass is 35.5. The Hall–Kier alpha value is -3.64. The summed E-state index contributed by atoms with van der Waals surface area (Å²) in [6.07, 6.45) is 4.31. The Morgan fingerprint density at radius 2 is 1.72 bits per heavy atom. The van der Waals surface area contributed by atoms with Crippen LogP contribution in [0.1, 0.15) is 29.2 Å². The van der Waals surface area contributed by atoms with Crippen molar-refractivity contribution in [3.63, 3.8) is 0 Å². The Balaban J connectivity index is 1.64. The van der Waals surface area contributed by atoms with Crippen LogP contribution < -0.4 is 10.6 Å². The zero-order valence-electron chi connectivity index (χ0n) is 17.3. The predicted octanol–water partition coefficient (Wildman–Crippen LogP) is 4.72. The van der Waals surface area contributed by atoms with Crippen molar-refractivity contribution in [2.75, 3.05) is 0 Å². The summed E-state index contributed by atoms with van der Waals surface area (Å²) in [5, 5.41) is 6.29. The molecule has 2 N–H and O–H groups in total. The molecule has 0 saturated carbocycles. The van der Waals surface area contributed by atoms with Gasteiger partial charge in [0, 0.05) is 23.1 Å². The number of hydrogen-bond donors (Lipinski definition) is 2. The van der Waals surface area contributed by atoms with Crippen LogP contribution >= 0.6 is 11.6 Å². The normalized spacial score (nSPS) is 15.7. The first-order valence-corrected chi connectivity index (χ1v) is 10.6. The lowest BCUT2D eigenvalue weighted by Gasteiger charge is -2.29. The van der Waals surface area contributed by atoms with Gasteiger partial charge in [0.2, 0.25) is 0 Å². The molecule has 1 aliphatic rings. The second-order valence-electron chi connectivity index (χ2n) is 7.40. The van der Waals surface area contributed by atoms with Crippen LogP contribution in [0.2, 0.25) is 5.02 Å². The van der Waals surface area contributed by atoms with Crippen molar-refractivity contribution in [1.29, 1.82) is 0 Å². The average molecular weight is 448 g/mol. The number of halogens is 1. The lowest BCUT2D eigenvalue weighted by Crippen LogP contribution is -2.46. The standard InChI is InChI=1S/C25H22ClN3O3/c26-20-8-4-7-17(15-20)9-10-21-22(24(30)32-16-18-5-2-1-3-6-18)23(29-25(31)28-21)19-11-13-27-14-12-19/h1-8,11-15,23H,9-10,16H2,(H2,28,29,31). The van der Waals surface area contributed by atoms with Crippen molar-refractivity contribution in [3.8, 4) is 0 Å². The van der Waals surface area contributed by atoms with Crippen molar-refractivity contribution < 1.29 is 14.3 Å². The molecule has 0 saturated heterocycles. The summed E-state index contributed by atoms with van der Waals surface area (Å²) in [6, 6.07) is 19.5. The number of hydrogen-bond acceptors (Lipinski definition) is 4. The molecule has 1 atom stereocenters. The first-order chi connectivity index (χ1) is 15.6. The van der Waals surface area contributed by atoms with E-state index in [1.54, 1.807) is 24.5 Å². The molecule has 0 aliphatic carbocycles. The van der Waals surface area contributed by atoms with Crippen LogP contribution in [-0.4, -0.2) is 17.0 Å². The highest BCUT2D eigenvalue weighted by Crippen LogP contribution is 2.29. The Kier molecular flexibility index (Phi) is 6.82. The molecule has 0 spiro atoms. The molecule has 0 bridgehead atoms. The van der Waals surface area contributed by atoms with E-state index in [1.165, 1.54) is 0 Å². The Morgan fingerprint density at radius 3 is 2.47 bits per heavy atom. The summed E-state index contributed by atoms with van der Waals surface area (Å²) < 4.78 is 5.63. The third-order valence-corrected chi connectivity index (χ3v) is 5.41. The van der Waals surface area contributed by atoms with Crippen molar-refractivity contribution >= 4 is 23.6 Å². The fraction of sp³-hybridized carbons (Fsp3) is 0.160. The van der Waals surface area contributed by atoms with E-state index < -0.39 is 12.0 Å². The molecule has 2 heterocycles. The van der Waals surface area contributed by atoms with E-state index in [0.29, 0.717) is 29.1 Å². The summed E-state index contributed by atoms with van der Waals surface area (Å²) in [5.41, 5.74) is 3.56. The number of aromatic nitrogens is 1. The first kappa shape index (κ1) is 21.6. The zero-order chi connectivity index (χ0) is 22.3. The van der Waals surface area contributed by atoms with Gasteiger partial charge in [0.1, 0.15) is 6.61 Å². The van der Waals surface area contributed by atoms with Crippen molar-refractivity contribution in [3.05, 3.63) is 112 Å². The van der Waals surface area contributed by atoms with Crippen LogP contribution in [0.15, 0.2) is 90.4 Å². The number of rotatable bonds is 7. The van der Waals surface area contributed by atoms with E-state index in [-0.39, 0.29) is 12.6 Å². The van der Waals surface area contributed by atoms with Gasteiger partial charge in [-0.25, -0.2) is 9.59 Å². The van der Waals surface area contributed by atoms with Crippen LogP contribution in [0.5, 0.6) is 0 Å². The first-order valence-electron chi connectivity index (χ1n) is 10.3. The second kappa shape index (κ2) is 10.1. The lowest BCUT2D eigenvalue weighted by molar-refractivity contribution is -0.140. The minimum absolute atomic E-state index is 0.141. The Labute approximate surface area is 191 Å². The Morgan fingerprint density at radius 1 is 0.969 bits per heavy atom. The maximum absolute atomic E-state index is 13.2. The number of aryl methyl sites for hydroxylation is 1. The van der Waals surface area contributed by atoms with Crippen molar-refractivity contribution in [2.45, 2.75) is 25.5 Å². The number of nitrogens with one attached hydrogen (secondary N) is 2. The van der Waals surface area contributed by atoms with Crippen LogP contribution in [0.4, 0.5) is 4.79 Å². The molecule has 2 amide bonds. The minimum atomic E-state index is -0.635. The lowest BCUT2D eigenvalue weighted by atomic mass is 9.93. The molecule has 3 aromatic rings. The van der Waals surface area contributed by atoms with Gasteiger partial charge >= 0.3 is 12.0 Å². The molecule has 1 aromatic heterocycles. The number of carbonyl (C=O) groups is 2. The quantitative estimate of drug-likeness (QED) is 0.513. The van der Waals surface area contributed by atoms with Crippen LogP contribution in [0.3, 0.4) is 0 Å². The number of nitrogens with zero attached hydrogens (tertiary/aromatic N) is 1. The molecule has 162 valence electrons. The summed E-state index contributed by atoms with van der Waals surface area (Å²) >= 11 is 6.10. The van der Waals surface area contributed by atoms with E-state index in [9.17, 15) is 9.59 Å². The third kappa shape index (κ3) is 5.34. The Bertz CT molecular complexity index is 1130. The molecule has 7 heteroatoms. The number of carbonyl (C=O) groups excluding carboxylic acids is 2. The SMILES string of the molecule is O=C1NC(CCc2cccc(Cl)c2)=C(C(=O)OCc2ccccc2)C(c2ccncc2)N1. The monoisotopic (exact) mass is 447 g/mol. The van der Waals surface area contributed by atoms with E-state index >= 15 is 0 Å². The van der Waals surface area contributed by atoms with Crippen molar-refractivity contribution in [2.24, 2.45) is 0 Å². The number of urea groups is 1. The van der Waals surface area contributed by atoms with Gasteiger partial charge in [-0.3, -0.25) is 4.98 Å². The summed E-state index contributed by atoms with van der Waals surface area (Å²) in [6.45, 7) is 0.141. The number of benzene rings is 2. The largest absolute Gasteiger partial charge is 0.457 e. The molecule has 1 unspecified atom stereocenters. The van der Waals surface area contributed by atoms with Crippen LogP contribution in [-0.2, 0) is 22.6 Å². The van der Waals surface area contributed by atoms with Gasteiger partial charge in [-0.2, -0.15) is 0 Å². The van der Waals surface area contributed by atoms with E-state index in [2.05, 4.69) is 15.6 Å². The predicted molar refractivity (Wildman–Crippen MR) is 122 cm³/mol. The van der Waals surface area contributed by atoms with E-state index in [1.807, 2.05) is 54.6 Å². The molecule has 0 fully saturated rings. The number of esters is 1. The van der Waals surface area contributed by atoms with E-state index in [0.717, 1.165) is 16.7 Å². The third-order valence-electron chi connectivity index (χ3n) is 5.18. The number of amides is 2. The van der Waals surface area contributed by atoms with Gasteiger partial charge in [-0.05, 0) is 53.8 Å². The molecule has 32 heavy (non-hydrogen) atoms. The minimum Gasteiger partial charge on any atom is -0.457 e. The molecule has 1 aliphatic heterocycles. The average Bonchev–Trinajstić information content (AvgIpc) is 2.82. The molecule has 2 aromatic carbocycles. The van der Waals surface area contributed by atoms with Gasteiger partial charge in [-0.1, -0.05) is 54.1 Å².